The van der Waals surface area contributed by atoms with Gasteiger partial charge in [0.05, 0.1) is 19.3 Å². The van der Waals surface area contributed by atoms with Crippen LogP contribution >= 0.6 is 0 Å². The largest absolute Gasteiger partial charge is 0.481 e. The van der Waals surface area contributed by atoms with Gasteiger partial charge in [-0.1, -0.05) is 0 Å². The maximum Gasteiger partial charge on any atom is 0.320 e. The molecule has 2 atom stereocenters. The van der Waals surface area contributed by atoms with E-state index in [0.717, 1.165) is 19.5 Å². The van der Waals surface area contributed by atoms with Crippen molar-refractivity contribution in [3.63, 3.8) is 0 Å². The quantitative estimate of drug-likeness (QED) is 0.752. The van der Waals surface area contributed by atoms with Crippen LogP contribution in [0.3, 0.4) is 0 Å². The van der Waals surface area contributed by atoms with Gasteiger partial charge in [0.1, 0.15) is 5.92 Å². The fraction of sp³-hybridized carbons (Fsp3) is 0.846. The minimum atomic E-state index is -0.892. The van der Waals surface area contributed by atoms with Gasteiger partial charge in [0.25, 0.3) is 0 Å². The number of urea groups is 1. The summed E-state index contributed by atoms with van der Waals surface area (Å²) in [5, 5.41) is 12.5. The van der Waals surface area contributed by atoms with Gasteiger partial charge in [0.15, 0.2) is 0 Å². The smallest absolute Gasteiger partial charge is 0.320 e. The molecule has 2 rings (SSSR count). The van der Waals surface area contributed by atoms with Gasteiger partial charge in [-0.3, -0.25) is 4.79 Å². The summed E-state index contributed by atoms with van der Waals surface area (Å²) >= 11 is 0. The van der Waals surface area contributed by atoms with Crippen molar-refractivity contribution in [2.45, 2.75) is 19.4 Å². The molecule has 0 saturated carbocycles. The van der Waals surface area contributed by atoms with E-state index in [1.807, 2.05) is 6.92 Å². The third kappa shape index (κ3) is 3.21. The molecule has 2 amide bonds. The van der Waals surface area contributed by atoms with Gasteiger partial charge in [-0.25, -0.2) is 4.79 Å². The topological polar surface area (TPSA) is 82.1 Å². The second-order valence-electron chi connectivity index (χ2n) is 5.21. The van der Waals surface area contributed by atoms with Crippen molar-refractivity contribution in [1.29, 1.82) is 0 Å². The Hall–Kier alpha value is -1.34. The third-order valence-corrected chi connectivity index (χ3v) is 3.97. The Balaban J connectivity index is 2.06. The molecular formula is C13H23N3O4. The molecule has 2 N–H and O–H groups in total. The second-order valence-corrected chi connectivity index (χ2v) is 5.21. The molecule has 0 aromatic rings. The molecule has 20 heavy (non-hydrogen) atoms. The lowest BCUT2D eigenvalue weighted by molar-refractivity contribution is -0.142. The first-order chi connectivity index (χ1) is 9.65. The number of rotatable bonds is 3. The van der Waals surface area contributed by atoms with Crippen LogP contribution < -0.4 is 5.32 Å². The summed E-state index contributed by atoms with van der Waals surface area (Å²) < 4.78 is 5.27. The molecule has 2 unspecified atom stereocenters. The third-order valence-electron chi connectivity index (χ3n) is 3.97. The summed E-state index contributed by atoms with van der Waals surface area (Å²) in [5.74, 6) is -1.51. The van der Waals surface area contributed by atoms with Crippen LogP contribution in [0.4, 0.5) is 4.79 Å². The summed E-state index contributed by atoms with van der Waals surface area (Å²) in [5.41, 5.74) is 0. The Morgan fingerprint density at radius 3 is 2.85 bits per heavy atom. The highest BCUT2D eigenvalue weighted by Gasteiger charge is 2.40. The van der Waals surface area contributed by atoms with Crippen molar-refractivity contribution in [3.8, 4) is 0 Å². The Bertz CT molecular complexity index is 356. The van der Waals surface area contributed by atoms with Crippen LogP contribution in [0.5, 0.6) is 0 Å². The van der Waals surface area contributed by atoms with Crippen LogP contribution in [-0.4, -0.2) is 78.9 Å². The number of carbonyl (C=O) groups is 2. The zero-order chi connectivity index (χ0) is 14.5. The zero-order valence-corrected chi connectivity index (χ0v) is 11.9. The minimum Gasteiger partial charge on any atom is -0.481 e. The maximum atomic E-state index is 12.6. The lowest BCUT2D eigenvalue weighted by atomic mass is 10.0. The SMILES string of the molecule is CCN(C(=O)N1CCCNCC1)C1COCC1C(=O)O. The highest BCUT2D eigenvalue weighted by atomic mass is 16.5. The van der Waals surface area contributed by atoms with Gasteiger partial charge in [-0.15, -0.1) is 0 Å². The molecule has 2 saturated heterocycles. The molecule has 2 fully saturated rings. The fourth-order valence-electron chi connectivity index (χ4n) is 2.82. The van der Waals surface area contributed by atoms with Crippen LogP contribution in [0.15, 0.2) is 0 Å². The number of hydrogen-bond acceptors (Lipinski definition) is 4. The lowest BCUT2D eigenvalue weighted by Crippen LogP contribution is -2.52. The van der Waals surface area contributed by atoms with Gasteiger partial charge in [0, 0.05) is 26.2 Å². The van der Waals surface area contributed by atoms with Crippen LogP contribution in [-0.2, 0) is 9.53 Å². The van der Waals surface area contributed by atoms with E-state index in [0.29, 0.717) is 26.2 Å². The molecule has 7 heteroatoms. The zero-order valence-electron chi connectivity index (χ0n) is 11.9. The molecule has 0 spiro atoms. The Morgan fingerprint density at radius 1 is 1.35 bits per heavy atom. The second kappa shape index (κ2) is 6.90. The molecule has 0 aromatic heterocycles. The van der Waals surface area contributed by atoms with E-state index < -0.39 is 11.9 Å². The van der Waals surface area contributed by atoms with Crippen molar-refractivity contribution < 1.29 is 19.4 Å². The van der Waals surface area contributed by atoms with Crippen molar-refractivity contribution >= 4 is 12.0 Å². The monoisotopic (exact) mass is 285 g/mol. The molecule has 0 radical (unpaired) electrons. The predicted molar refractivity (Wildman–Crippen MR) is 72.6 cm³/mol. The van der Waals surface area contributed by atoms with Crippen LogP contribution in [0.1, 0.15) is 13.3 Å². The standard InChI is InChI=1S/C13H23N3O4/c1-2-16(11-9-20-8-10(11)12(17)18)13(19)15-6-3-4-14-5-7-15/h10-11,14H,2-9H2,1H3,(H,17,18). The molecule has 2 heterocycles. The van der Waals surface area contributed by atoms with Crippen LogP contribution in [0, 0.1) is 5.92 Å². The number of hydrogen-bond donors (Lipinski definition) is 2. The van der Waals surface area contributed by atoms with Crippen LogP contribution in [0.2, 0.25) is 0 Å². The van der Waals surface area contributed by atoms with E-state index in [1.54, 1.807) is 9.80 Å². The van der Waals surface area contributed by atoms with Gasteiger partial charge in [-0.05, 0) is 19.9 Å². The Kier molecular flexibility index (Phi) is 5.19. The van der Waals surface area contributed by atoms with Crippen molar-refractivity contribution in [2.24, 2.45) is 5.92 Å². The van der Waals surface area contributed by atoms with E-state index in [4.69, 9.17) is 4.74 Å². The minimum absolute atomic E-state index is 0.0713. The number of carbonyl (C=O) groups excluding carboxylic acids is 1. The van der Waals surface area contributed by atoms with Crippen LogP contribution in [0.25, 0.3) is 0 Å². The van der Waals surface area contributed by atoms with Gasteiger partial charge >= 0.3 is 12.0 Å². The average molecular weight is 285 g/mol. The number of nitrogens with zero attached hydrogens (tertiary/aromatic N) is 2. The summed E-state index contributed by atoms with van der Waals surface area (Å²) in [6.45, 7) is 5.96. The first kappa shape index (κ1) is 15.1. The molecule has 114 valence electrons. The van der Waals surface area contributed by atoms with Crippen molar-refractivity contribution in [2.75, 3.05) is 45.9 Å². The van der Waals surface area contributed by atoms with Gasteiger partial charge in [-0.2, -0.15) is 0 Å². The number of aliphatic carboxylic acids is 1. The number of nitrogens with one attached hydrogen (secondary N) is 1. The van der Waals surface area contributed by atoms with E-state index in [9.17, 15) is 14.7 Å². The number of carboxylic acid groups (broad SMARTS) is 1. The summed E-state index contributed by atoms with van der Waals surface area (Å²) in [6.07, 6.45) is 0.923. The van der Waals surface area contributed by atoms with E-state index in [1.165, 1.54) is 0 Å². The molecule has 7 nitrogen and oxygen atoms in total. The first-order valence-corrected chi connectivity index (χ1v) is 7.22. The number of amides is 2. The van der Waals surface area contributed by atoms with E-state index in [-0.39, 0.29) is 18.7 Å². The fourth-order valence-corrected chi connectivity index (χ4v) is 2.82. The normalized spacial score (nSPS) is 27.1. The average Bonchev–Trinajstić information content (AvgIpc) is 2.74. The lowest BCUT2D eigenvalue weighted by Gasteiger charge is -2.34. The Morgan fingerprint density at radius 2 is 2.15 bits per heavy atom. The molecule has 0 bridgehead atoms. The predicted octanol–water partition coefficient (Wildman–Crippen LogP) is -0.177. The highest BCUT2D eigenvalue weighted by Crippen LogP contribution is 2.21. The van der Waals surface area contributed by atoms with E-state index in [2.05, 4.69) is 5.32 Å². The number of likely N-dealkylation sites (N-methyl/N-ethyl adjacent to an activating group) is 1. The first-order valence-electron chi connectivity index (χ1n) is 7.22. The highest BCUT2D eigenvalue weighted by molar-refractivity contribution is 5.77. The number of carboxylic acids is 1. The molecule has 2 aliphatic heterocycles. The molecule has 2 aliphatic rings. The molecule has 0 aliphatic carbocycles. The van der Waals surface area contributed by atoms with Gasteiger partial charge < -0.3 is 25.0 Å². The van der Waals surface area contributed by atoms with E-state index >= 15 is 0 Å². The summed E-state index contributed by atoms with van der Waals surface area (Å²) in [4.78, 5) is 27.3. The van der Waals surface area contributed by atoms with Gasteiger partial charge in [0.2, 0.25) is 0 Å². The van der Waals surface area contributed by atoms with Crippen molar-refractivity contribution in [3.05, 3.63) is 0 Å². The Labute approximate surface area is 118 Å². The van der Waals surface area contributed by atoms with Crippen molar-refractivity contribution in [1.82, 2.24) is 15.1 Å². The number of ether oxygens (including phenoxy) is 1. The summed E-state index contributed by atoms with van der Waals surface area (Å²) in [7, 11) is 0. The summed E-state index contributed by atoms with van der Waals surface area (Å²) in [6, 6.07) is -0.431. The maximum absolute atomic E-state index is 12.6. The molecular weight excluding hydrogens is 262 g/mol. The molecule has 0 aromatic carbocycles.